The van der Waals surface area contributed by atoms with Crippen LogP contribution in [0.2, 0.25) is 0 Å². The van der Waals surface area contributed by atoms with E-state index in [0.29, 0.717) is 22.7 Å². The third-order valence-corrected chi connectivity index (χ3v) is 5.60. The van der Waals surface area contributed by atoms with E-state index in [9.17, 15) is 14.4 Å². The first-order valence-electron chi connectivity index (χ1n) is 11.4. The number of esters is 1. The number of carbonyl (C=O) groups excluding carboxylic acids is 3. The van der Waals surface area contributed by atoms with Crippen molar-refractivity contribution in [3.63, 3.8) is 0 Å². The van der Waals surface area contributed by atoms with E-state index >= 15 is 0 Å². The van der Waals surface area contributed by atoms with E-state index in [-0.39, 0.29) is 0 Å². The van der Waals surface area contributed by atoms with Gasteiger partial charge in [0, 0.05) is 36.5 Å². The number of nitrogens with zero attached hydrogens (tertiary/aromatic N) is 3. The summed E-state index contributed by atoms with van der Waals surface area (Å²) in [6, 6.07) is 22.3. The van der Waals surface area contributed by atoms with Gasteiger partial charge in [0.1, 0.15) is 17.0 Å². The van der Waals surface area contributed by atoms with Gasteiger partial charge < -0.3 is 13.7 Å². The topological polar surface area (TPSA) is 108 Å². The Labute approximate surface area is 211 Å². The Balaban J connectivity index is 1.31. The first kappa shape index (κ1) is 23.6. The molecule has 37 heavy (non-hydrogen) atoms. The minimum atomic E-state index is -0.746. The van der Waals surface area contributed by atoms with E-state index in [0.717, 1.165) is 16.7 Å². The normalized spacial score (nSPS) is 11.2. The molecule has 0 saturated carbocycles. The number of benzene rings is 2. The molecule has 0 aliphatic heterocycles. The molecule has 2 amide bonds. The molecule has 1 N–H and O–H groups in total. The quantitative estimate of drug-likeness (QED) is 0.269. The fourth-order valence-corrected chi connectivity index (χ4v) is 3.78. The molecule has 5 aromatic rings. The molecule has 0 spiro atoms. The molecule has 3 heterocycles. The summed E-state index contributed by atoms with van der Waals surface area (Å²) in [6.07, 6.45) is 6.20. The van der Waals surface area contributed by atoms with Crippen molar-refractivity contribution in [1.29, 1.82) is 0 Å². The summed E-state index contributed by atoms with van der Waals surface area (Å²) in [6.45, 7) is -0.598. The van der Waals surface area contributed by atoms with E-state index in [1.807, 2.05) is 60.7 Å². The number of ether oxygens (including phenoxy) is 1. The lowest BCUT2D eigenvalue weighted by molar-refractivity contribution is -0.143. The summed E-state index contributed by atoms with van der Waals surface area (Å²) in [5.74, 6) is -1.51. The summed E-state index contributed by atoms with van der Waals surface area (Å²) < 4.78 is 14.3. The molecule has 0 radical (unpaired) electrons. The molecular formula is C28H22N4O5. The summed E-state index contributed by atoms with van der Waals surface area (Å²) in [5, 5.41) is 7.80. The fourth-order valence-electron chi connectivity index (χ4n) is 3.78. The molecule has 0 aliphatic carbocycles. The zero-order valence-corrected chi connectivity index (χ0v) is 19.8. The van der Waals surface area contributed by atoms with Crippen LogP contribution in [0.1, 0.15) is 16.1 Å². The van der Waals surface area contributed by atoms with Gasteiger partial charge in [-0.3, -0.25) is 14.9 Å². The second kappa shape index (κ2) is 10.2. The third-order valence-electron chi connectivity index (χ3n) is 5.60. The molecule has 0 fully saturated rings. The van der Waals surface area contributed by atoms with Crippen LogP contribution in [0.15, 0.2) is 95.7 Å². The van der Waals surface area contributed by atoms with Crippen LogP contribution in [0.25, 0.3) is 34.2 Å². The highest BCUT2D eigenvalue weighted by molar-refractivity contribution is 6.04. The van der Waals surface area contributed by atoms with Gasteiger partial charge >= 0.3 is 5.97 Å². The zero-order valence-electron chi connectivity index (χ0n) is 19.8. The first-order valence-corrected chi connectivity index (χ1v) is 11.4. The number of furan rings is 1. The lowest BCUT2D eigenvalue weighted by Gasteiger charge is -2.05. The number of aryl methyl sites for hydroxylation is 1. The van der Waals surface area contributed by atoms with Crippen molar-refractivity contribution in [2.45, 2.75) is 0 Å². The van der Waals surface area contributed by atoms with Gasteiger partial charge in [0.2, 0.25) is 0 Å². The van der Waals surface area contributed by atoms with Crippen LogP contribution in [0.5, 0.6) is 0 Å². The van der Waals surface area contributed by atoms with Crippen LogP contribution < -0.4 is 5.32 Å². The van der Waals surface area contributed by atoms with E-state index in [1.165, 1.54) is 6.08 Å². The number of fused-ring (bicyclic) bond motifs is 1. The van der Waals surface area contributed by atoms with Gasteiger partial charge in [0.05, 0.1) is 5.69 Å². The van der Waals surface area contributed by atoms with Gasteiger partial charge in [0.25, 0.3) is 11.8 Å². The molecule has 184 valence electrons. The monoisotopic (exact) mass is 494 g/mol. The van der Waals surface area contributed by atoms with Crippen LogP contribution in [-0.2, 0) is 21.4 Å². The van der Waals surface area contributed by atoms with Crippen molar-refractivity contribution in [1.82, 2.24) is 19.7 Å². The van der Waals surface area contributed by atoms with Gasteiger partial charge in [-0.2, -0.15) is 5.10 Å². The van der Waals surface area contributed by atoms with Crippen LogP contribution in [-0.4, -0.2) is 38.7 Å². The molecule has 3 aromatic heterocycles. The lowest BCUT2D eigenvalue weighted by Crippen LogP contribution is -2.34. The van der Waals surface area contributed by atoms with E-state index in [2.05, 4.69) is 10.4 Å². The molecule has 9 nitrogen and oxygen atoms in total. The van der Waals surface area contributed by atoms with Gasteiger partial charge in [-0.05, 0) is 42.5 Å². The first-order chi connectivity index (χ1) is 18.0. The van der Waals surface area contributed by atoms with Gasteiger partial charge in [-0.25, -0.2) is 9.48 Å². The average molecular weight is 495 g/mol. The van der Waals surface area contributed by atoms with Gasteiger partial charge in [-0.15, -0.1) is 0 Å². The zero-order chi connectivity index (χ0) is 25.8. The molecule has 0 unspecified atom stereocenters. The minimum absolute atomic E-state index is 0.313. The maximum absolute atomic E-state index is 12.3. The number of hydrogen-bond acceptors (Lipinski definition) is 6. The van der Waals surface area contributed by atoms with Crippen molar-refractivity contribution in [3.8, 4) is 17.1 Å². The maximum atomic E-state index is 12.3. The number of nitrogens with one attached hydrogen (secondary N) is 1. The Morgan fingerprint density at radius 2 is 1.81 bits per heavy atom. The number of carbonyl (C=O) groups is 3. The van der Waals surface area contributed by atoms with Gasteiger partial charge in [0.15, 0.2) is 12.4 Å². The summed E-state index contributed by atoms with van der Waals surface area (Å²) in [5.41, 5.74) is 3.02. The highest BCUT2D eigenvalue weighted by Crippen LogP contribution is 2.30. The molecule has 0 aliphatic rings. The predicted octanol–water partition coefficient (Wildman–Crippen LogP) is 4.14. The van der Waals surface area contributed by atoms with Crippen molar-refractivity contribution in [2.24, 2.45) is 7.05 Å². The lowest BCUT2D eigenvalue weighted by atomic mass is 10.2. The van der Waals surface area contributed by atoms with Crippen molar-refractivity contribution in [3.05, 3.63) is 103 Å². The SMILES string of the molecule is Cn1cccc1C(=O)NC(=O)COC(=O)/C=C/c1cn(-c2ccccc2)nc1-c1cc2ccccc2o1. The Kier molecular flexibility index (Phi) is 6.50. The van der Waals surface area contributed by atoms with E-state index in [4.69, 9.17) is 9.15 Å². The Morgan fingerprint density at radius 1 is 1.03 bits per heavy atom. The smallest absolute Gasteiger partial charge is 0.331 e. The third kappa shape index (κ3) is 5.25. The summed E-state index contributed by atoms with van der Waals surface area (Å²) >= 11 is 0. The highest BCUT2D eigenvalue weighted by Gasteiger charge is 2.16. The Morgan fingerprint density at radius 3 is 2.57 bits per heavy atom. The standard InChI is InChI=1S/C28H22N4O5/c1-31-15-7-11-22(31)28(35)29-25(33)18-36-26(34)14-13-20-17-32(21-9-3-2-4-10-21)30-27(20)24-16-19-8-5-6-12-23(19)37-24/h2-17H,18H2,1H3,(H,29,33,35)/b14-13+. The molecule has 0 saturated heterocycles. The number of hydrogen-bond donors (Lipinski definition) is 1. The number of imide groups is 1. The van der Waals surface area contributed by atoms with Gasteiger partial charge in [-0.1, -0.05) is 36.4 Å². The van der Waals surface area contributed by atoms with Crippen LogP contribution >= 0.6 is 0 Å². The van der Waals surface area contributed by atoms with E-state index < -0.39 is 24.4 Å². The molecular weight excluding hydrogens is 472 g/mol. The fraction of sp³-hybridized carbons (Fsp3) is 0.0714. The number of amides is 2. The van der Waals surface area contributed by atoms with Crippen molar-refractivity contribution < 1.29 is 23.5 Å². The van der Waals surface area contributed by atoms with Crippen molar-refractivity contribution in [2.75, 3.05) is 6.61 Å². The average Bonchev–Trinajstić information content (AvgIpc) is 3.64. The maximum Gasteiger partial charge on any atom is 0.331 e. The predicted molar refractivity (Wildman–Crippen MR) is 137 cm³/mol. The van der Waals surface area contributed by atoms with Crippen molar-refractivity contribution >= 4 is 34.8 Å². The Hall–Kier alpha value is -5.18. The highest BCUT2D eigenvalue weighted by atomic mass is 16.5. The molecule has 5 rings (SSSR count). The minimum Gasteiger partial charge on any atom is -0.454 e. The summed E-state index contributed by atoms with van der Waals surface area (Å²) in [7, 11) is 1.68. The summed E-state index contributed by atoms with van der Waals surface area (Å²) in [4.78, 5) is 36.5. The second-order valence-corrected chi connectivity index (χ2v) is 8.18. The molecule has 0 atom stereocenters. The Bertz CT molecular complexity index is 1590. The largest absolute Gasteiger partial charge is 0.454 e. The second-order valence-electron chi connectivity index (χ2n) is 8.18. The van der Waals surface area contributed by atoms with E-state index in [1.54, 1.807) is 46.9 Å². The number of para-hydroxylation sites is 2. The van der Waals surface area contributed by atoms with Crippen LogP contribution in [0.4, 0.5) is 0 Å². The van der Waals surface area contributed by atoms with Crippen LogP contribution in [0, 0.1) is 0 Å². The number of rotatable bonds is 7. The molecule has 2 aromatic carbocycles. The number of aromatic nitrogens is 3. The van der Waals surface area contributed by atoms with Crippen LogP contribution in [0.3, 0.4) is 0 Å². The molecule has 9 heteroatoms. The molecule has 0 bridgehead atoms.